The highest BCUT2D eigenvalue weighted by Gasteiger charge is 2.36. The Morgan fingerprint density at radius 2 is 2.00 bits per heavy atom. The number of nitrogens with zero attached hydrogens (tertiary/aromatic N) is 1. The van der Waals surface area contributed by atoms with Crippen LogP contribution in [0.1, 0.15) is 39.5 Å². The van der Waals surface area contributed by atoms with E-state index in [2.05, 4.69) is 19.2 Å². The van der Waals surface area contributed by atoms with E-state index in [0.29, 0.717) is 24.8 Å². The molecule has 0 radical (unpaired) electrons. The number of piperidine rings is 1. The number of nitrogens with two attached hydrogens (primary N) is 1. The van der Waals surface area contributed by atoms with E-state index >= 15 is 0 Å². The molecule has 0 aromatic carbocycles. The van der Waals surface area contributed by atoms with Gasteiger partial charge in [-0.1, -0.05) is 13.8 Å². The van der Waals surface area contributed by atoms with Gasteiger partial charge >= 0.3 is 0 Å². The number of carbonyl (C=O) groups excluding carboxylic acids is 2. The van der Waals surface area contributed by atoms with E-state index in [-0.39, 0.29) is 29.8 Å². The van der Waals surface area contributed by atoms with E-state index in [9.17, 15) is 9.59 Å². The minimum Gasteiger partial charge on any atom is -0.351 e. The Morgan fingerprint density at radius 3 is 2.65 bits per heavy atom. The van der Waals surface area contributed by atoms with Crippen LogP contribution in [0.15, 0.2) is 0 Å². The molecule has 5 nitrogen and oxygen atoms in total. The van der Waals surface area contributed by atoms with Crippen molar-refractivity contribution >= 4 is 11.8 Å². The first-order chi connectivity index (χ1) is 9.38. The third kappa shape index (κ3) is 3.32. The predicted molar refractivity (Wildman–Crippen MR) is 77.8 cm³/mol. The molecule has 2 aliphatic rings. The topological polar surface area (TPSA) is 75.4 Å². The van der Waals surface area contributed by atoms with Crippen molar-refractivity contribution in [2.24, 2.45) is 23.5 Å². The molecule has 5 heteroatoms. The standard InChI is InChI=1S/C15H27N3O2/c1-9-6-10(2)13(16)7-12(9)15(20)17-11-4-5-14(19)18(3)8-11/h9-13H,4-8,16H2,1-3H3,(H,17,20). The number of hydrogen-bond acceptors (Lipinski definition) is 3. The Morgan fingerprint density at radius 1 is 1.30 bits per heavy atom. The molecule has 1 aliphatic carbocycles. The Bertz CT molecular complexity index is 385. The zero-order chi connectivity index (χ0) is 14.9. The second-order valence-electron chi connectivity index (χ2n) is 6.71. The lowest BCUT2D eigenvalue weighted by Crippen LogP contribution is -2.52. The highest BCUT2D eigenvalue weighted by Crippen LogP contribution is 2.33. The van der Waals surface area contributed by atoms with E-state index in [0.717, 1.165) is 19.3 Å². The van der Waals surface area contributed by atoms with Crippen molar-refractivity contribution in [1.29, 1.82) is 0 Å². The fourth-order valence-corrected chi connectivity index (χ4v) is 3.49. The van der Waals surface area contributed by atoms with Crippen LogP contribution in [-0.4, -0.2) is 42.4 Å². The molecule has 0 bridgehead atoms. The fraction of sp³-hybridized carbons (Fsp3) is 0.867. The minimum absolute atomic E-state index is 0.0177. The molecule has 114 valence electrons. The van der Waals surface area contributed by atoms with Crippen LogP contribution in [-0.2, 0) is 9.59 Å². The van der Waals surface area contributed by atoms with Crippen LogP contribution in [0.5, 0.6) is 0 Å². The second kappa shape index (κ2) is 6.12. The van der Waals surface area contributed by atoms with E-state index in [1.807, 2.05) is 0 Å². The summed E-state index contributed by atoms with van der Waals surface area (Å²) in [7, 11) is 1.79. The quantitative estimate of drug-likeness (QED) is 0.783. The number of amides is 2. The molecule has 1 aliphatic heterocycles. The smallest absolute Gasteiger partial charge is 0.223 e. The van der Waals surface area contributed by atoms with Crippen molar-refractivity contribution in [3.63, 3.8) is 0 Å². The molecule has 1 saturated carbocycles. The fourth-order valence-electron chi connectivity index (χ4n) is 3.49. The van der Waals surface area contributed by atoms with Gasteiger partial charge in [-0.3, -0.25) is 9.59 Å². The molecule has 2 rings (SSSR count). The average Bonchev–Trinajstić information content (AvgIpc) is 2.38. The molecular formula is C15H27N3O2. The van der Waals surface area contributed by atoms with Gasteiger partial charge in [0, 0.05) is 38.0 Å². The average molecular weight is 281 g/mol. The number of likely N-dealkylation sites (N-methyl/N-ethyl adjacent to an activating group) is 1. The molecular weight excluding hydrogens is 254 g/mol. The van der Waals surface area contributed by atoms with Crippen molar-refractivity contribution in [1.82, 2.24) is 10.2 Å². The van der Waals surface area contributed by atoms with Crippen LogP contribution in [0, 0.1) is 17.8 Å². The summed E-state index contributed by atoms with van der Waals surface area (Å²) < 4.78 is 0. The van der Waals surface area contributed by atoms with Crippen molar-refractivity contribution in [2.75, 3.05) is 13.6 Å². The normalized spacial score (nSPS) is 38.7. The molecule has 0 spiro atoms. The molecule has 3 N–H and O–H groups in total. The number of likely N-dealkylation sites (tertiary alicyclic amines) is 1. The van der Waals surface area contributed by atoms with Crippen LogP contribution in [0.25, 0.3) is 0 Å². The number of rotatable bonds is 2. The Balaban J connectivity index is 1.90. The zero-order valence-corrected chi connectivity index (χ0v) is 12.8. The summed E-state index contributed by atoms with van der Waals surface area (Å²) in [6, 6.07) is 0.213. The number of carbonyl (C=O) groups is 2. The Labute approximate surface area is 121 Å². The van der Waals surface area contributed by atoms with Gasteiger partial charge in [-0.2, -0.15) is 0 Å². The first-order valence-electron chi connectivity index (χ1n) is 7.68. The molecule has 5 atom stereocenters. The maximum absolute atomic E-state index is 12.4. The van der Waals surface area contributed by atoms with Gasteiger partial charge in [0.15, 0.2) is 0 Å². The summed E-state index contributed by atoms with van der Waals surface area (Å²) in [5.74, 6) is 1.18. The lowest BCUT2D eigenvalue weighted by atomic mass is 9.72. The number of nitrogens with one attached hydrogen (secondary N) is 1. The van der Waals surface area contributed by atoms with Gasteiger partial charge in [-0.15, -0.1) is 0 Å². The summed E-state index contributed by atoms with van der Waals surface area (Å²) in [6.07, 6.45) is 3.06. The molecule has 1 heterocycles. The van der Waals surface area contributed by atoms with Crippen LogP contribution in [0.2, 0.25) is 0 Å². The third-order valence-electron chi connectivity index (χ3n) is 5.00. The zero-order valence-electron chi connectivity index (χ0n) is 12.8. The molecule has 20 heavy (non-hydrogen) atoms. The molecule has 2 amide bonds. The van der Waals surface area contributed by atoms with Gasteiger partial charge < -0.3 is 16.0 Å². The monoisotopic (exact) mass is 281 g/mol. The van der Waals surface area contributed by atoms with Crippen LogP contribution < -0.4 is 11.1 Å². The summed E-state index contributed by atoms with van der Waals surface area (Å²) >= 11 is 0. The van der Waals surface area contributed by atoms with Crippen molar-refractivity contribution in [3.8, 4) is 0 Å². The first-order valence-corrected chi connectivity index (χ1v) is 7.68. The van der Waals surface area contributed by atoms with E-state index in [1.165, 1.54) is 0 Å². The molecule has 1 saturated heterocycles. The summed E-state index contributed by atoms with van der Waals surface area (Å²) in [5, 5.41) is 3.12. The maximum Gasteiger partial charge on any atom is 0.223 e. The van der Waals surface area contributed by atoms with E-state index in [1.54, 1.807) is 11.9 Å². The SMILES string of the molecule is CC1CC(C)C(C(=O)NC2CCC(=O)N(C)C2)CC1N. The minimum atomic E-state index is 0.0177. The lowest BCUT2D eigenvalue weighted by molar-refractivity contribution is -0.135. The Kier molecular flexibility index (Phi) is 4.68. The molecule has 2 fully saturated rings. The number of hydrogen-bond donors (Lipinski definition) is 2. The van der Waals surface area contributed by atoms with Crippen molar-refractivity contribution in [3.05, 3.63) is 0 Å². The highest BCUT2D eigenvalue weighted by molar-refractivity contribution is 5.80. The largest absolute Gasteiger partial charge is 0.351 e. The molecule has 0 aromatic heterocycles. The van der Waals surface area contributed by atoms with Gasteiger partial charge in [-0.05, 0) is 31.1 Å². The molecule has 0 aromatic rings. The van der Waals surface area contributed by atoms with Crippen LogP contribution in [0.3, 0.4) is 0 Å². The first kappa shape index (κ1) is 15.3. The summed E-state index contributed by atoms with van der Waals surface area (Å²) in [5.41, 5.74) is 6.11. The summed E-state index contributed by atoms with van der Waals surface area (Å²) in [4.78, 5) is 25.6. The van der Waals surface area contributed by atoms with Crippen LogP contribution in [0.4, 0.5) is 0 Å². The van der Waals surface area contributed by atoms with E-state index in [4.69, 9.17) is 5.73 Å². The van der Waals surface area contributed by atoms with Crippen molar-refractivity contribution in [2.45, 2.75) is 51.6 Å². The lowest BCUT2D eigenvalue weighted by Gasteiger charge is -2.37. The van der Waals surface area contributed by atoms with Gasteiger partial charge in [-0.25, -0.2) is 0 Å². The van der Waals surface area contributed by atoms with E-state index < -0.39 is 0 Å². The van der Waals surface area contributed by atoms with Crippen LogP contribution >= 0.6 is 0 Å². The van der Waals surface area contributed by atoms with Gasteiger partial charge in [0.25, 0.3) is 0 Å². The molecule has 5 unspecified atom stereocenters. The van der Waals surface area contributed by atoms with Crippen molar-refractivity contribution < 1.29 is 9.59 Å². The van der Waals surface area contributed by atoms with Gasteiger partial charge in [0.05, 0.1) is 0 Å². The second-order valence-corrected chi connectivity index (χ2v) is 6.71. The maximum atomic E-state index is 12.4. The highest BCUT2D eigenvalue weighted by atomic mass is 16.2. The predicted octanol–water partition coefficient (Wildman–Crippen LogP) is 0.733. The van der Waals surface area contributed by atoms with Gasteiger partial charge in [0.1, 0.15) is 0 Å². The summed E-state index contributed by atoms with van der Waals surface area (Å²) in [6.45, 7) is 4.92. The Hall–Kier alpha value is -1.10. The van der Waals surface area contributed by atoms with Gasteiger partial charge in [0.2, 0.25) is 11.8 Å². The third-order valence-corrected chi connectivity index (χ3v) is 5.00.